The van der Waals surface area contributed by atoms with Crippen molar-refractivity contribution in [1.82, 2.24) is 10.6 Å². The molecule has 6 heteroatoms. The minimum absolute atomic E-state index is 0.0705. The normalized spacial score (nSPS) is 11.8. The van der Waals surface area contributed by atoms with Crippen molar-refractivity contribution in [3.63, 3.8) is 0 Å². The van der Waals surface area contributed by atoms with Crippen LogP contribution < -0.4 is 20.1 Å². The van der Waals surface area contributed by atoms with Crippen LogP contribution in [0.2, 0.25) is 0 Å². The molecule has 0 heterocycles. The second-order valence-corrected chi connectivity index (χ2v) is 7.88. The fraction of sp³-hybridized carbons (Fsp3) is 0.409. The number of carbonyl (C=O) groups is 1. The van der Waals surface area contributed by atoms with E-state index in [-0.39, 0.29) is 18.2 Å². The lowest BCUT2D eigenvalue weighted by Gasteiger charge is -2.18. The highest BCUT2D eigenvalue weighted by Gasteiger charge is 2.13. The number of urea groups is 1. The topological polar surface area (TPSA) is 59.6 Å². The predicted octanol–water partition coefficient (Wildman–Crippen LogP) is 5.03. The number of thioether (sulfide) groups is 1. The smallest absolute Gasteiger partial charge is 0.315 e. The molecule has 0 bridgehead atoms. The maximum Gasteiger partial charge on any atom is 0.315 e. The predicted molar refractivity (Wildman–Crippen MR) is 115 cm³/mol. The van der Waals surface area contributed by atoms with Crippen LogP contribution in [0, 0.1) is 0 Å². The molecule has 1 atom stereocenters. The molecule has 0 saturated carbocycles. The van der Waals surface area contributed by atoms with Crippen molar-refractivity contribution < 1.29 is 14.3 Å². The molecule has 5 nitrogen and oxygen atoms in total. The molecule has 2 aromatic carbocycles. The van der Waals surface area contributed by atoms with Gasteiger partial charge in [0.2, 0.25) is 0 Å². The fourth-order valence-electron chi connectivity index (χ4n) is 2.62. The zero-order chi connectivity index (χ0) is 20.4. The summed E-state index contributed by atoms with van der Waals surface area (Å²) in [5, 5.41) is 5.88. The maximum atomic E-state index is 12.1. The van der Waals surface area contributed by atoms with Gasteiger partial charge >= 0.3 is 6.03 Å². The van der Waals surface area contributed by atoms with Crippen LogP contribution in [0.3, 0.4) is 0 Å². The van der Waals surface area contributed by atoms with Gasteiger partial charge in [-0.2, -0.15) is 0 Å². The Morgan fingerprint density at radius 3 is 2.50 bits per heavy atom. The average Bonchev–Trinajstić information content (AvgIpc) is 2.68. The molecule has 0 saturated heterocycles. The fourth-order valence-corrected chi connectivity index (χ4v) is 3.49. The Morgan fingerprint density at radius 2 is 1.82 bits per heavy atom. The van der Waals surface area contributed by atoms with Gasteiger partial charge in [0.25, 0.3) is 0 Å². The maximum absolute atomic E-state index is 12.1. The summed E-state index contributed by atoms with van der Waals surface area (Å²) in [7, 11) is 1.62. The van der Waals surface area contributed by atoms with Crippen molar-refractivity contribution in [3.8, 4) is 11.5 Å². The van der Waals surface area contributed by atoms with Crippen LogP contribution >= 0.6 is 11.8 Å². The van der Waals surface area contributed by atoms with Crippen LogP contribution in [-0.2, 0) is 0 Å². The van der Waals surface area contributed by atoms with E-state index >= 15 is 0 Å². The van der Waals surface area contributed by atoms with E-state index in [1.165, 1.54) is 4.90 Å². The Labute approximate surface area is 172 Å². The molecule has 2 amide bonds. The molecule has 0 spiro atoms. The van der Waals surface area contributed by atoms with E-state index < -0.39 is 0 Å². The van der Waals surface area contributed by atoms with Crippen LogP contribution in [0.15, 0.2) is 53.4 Å². The largest absolute Gasteiger partial charge is 0.493 e. The second-order valence-electron chi connectivity index (χ2n) is 6.71. The lowest BCUT2D eigenvalue weighted by atomic mass is 10.1. The number of rotatable bonds is 10. The summed E-state index contributed by atoms with van der Waals surface area (Å²) in [6.07, 6.45) is 0.984. The summed E-state index contributed by atoms with van der Waals surface area (Å²) in [6, 6.07) is 15.7. The van der Waals surface area contributed by atoms with E-state index in [9.17, 15) is 4.79 Å². The lowest BCUT2D eigenvalue weighted by Crippen LogP contribution is -2.37. The zero-order valence-corrected chi connectivity index (χ0v) is 17.8. The van der Waals surface area contributed by atoms with Crippen molar-refractivity contribution in [1.29, 1.82) is 0 Å². The van der Waals surface area contributed by atoms with E-state index in [4.69, 9.17) is 9.47 Å². The Balaban J connectivity index is 1.75. The summed E-state index contributed by atoms with van der Waals surface area (Å²) in [6.45, 7) is 6.53. The molecule has 0 aliphatic carbocycles. The van der Waals surface area contributed by atoms with Crippen molar-refractivity contribution in [2.24, 2.45) is 0 Å². The highest BCUT2D eigenvalue weighted by molar-refractivity contribution is 7.99. The van der Waals surface area contributed by atoms with E-state index in [1.807, 2.05) is 57.2 Å². The quantitative estimate of drug-likeness (QED) is 0.432. The first-order valence-corrected chi connectivity index (χ1v) is 10.5. The van der Waals surface area contributed by atoms with Gasteiger partial charge in [-0.25, -0.2) is 4.79 Å². The van der Waals surface area contributed by atoms with Crippen LogP contribution in [-0.4, -0.2) is 31.5 Å². The van der Waals surface area contributed by atoms with Crippen LogP contribution in [0.4, 0.5) is 4.79 Å². The number of ether oxygens (including phenoxy) is 2. The standard InChI is InChI=1S/C22H30N2O3S/c1-16(2)27-20-12-11-18(15-21(20)26-4)17(3)24-22(25)23-13-8-14-28-19-9-6-5-7-10-19/h5-7,9-12,15-17H,8,13-14H2,1-4H3,(H2,23,24,25). The van der Waals surface area contributed by atoms with Crippen molar-refractivity contribution in [2.75, 3.05) is 19.4 Å². The Morgan fingerprint density at radius 1 is 1.07 bits per heavy atom. The van der Waals surface area contributed by atoms with Crippen molar-refractivity contribution in [2.45, 2.75) is 44.2 Å². The Kier molecular flexibility index (Phi) is 9.01. The third-order valence-electron chi connectivity index (χ3n) is 4.02. The van der Waals surface area contributed by atoms with Gasteiger partial charge in [0, 0.05) is 11.4 Å². The van der Waals surface area contributed by atoms with Gasteiger partial charge in [-0.05, 0) is 62.8 Å². The third-order valence-corrected chi connectivity index (χ3v) is 5.11. The van der Waals surface area contributed by atoms with Crippen LogP contribution in [0.25, 0.3) is 0 Å². The van der Waals surface area contributed by atoms with E-state index in [0.717, 1.165) is 17.7 Å². The molecule has 2 N–H and O–H groups in total. The van der Waals surface area contributed by atoms with Gasteiger partial charge in [0.05, 0.1) is 19.3 Å². The Bertz CT molecular complexity index is 738. The third kappa shape index (κ3) is 7.35. The molecule has 0 aromatic heterocycles. The summed E-state index contributed by atoms with van der Waals surface area (Å²) in [5.74, 6) is 2.33. The molecule has 152 valence electrons. The van der Waals surface area contributed by atoms with Gasteiger partial charge in [-0.1, -0.05) is 24.3 Å². The van der Waals surface area contributed by atoms with Crippen LogP contribution in [0.5, 0.6) is 11.5 Å². The molecule has 28 heavy (non-hydrogen) atoms. The Hall–Kier alpha value is -2.34. The minimum Gasteiger partial charge on any atom is -0.493 e. The summed E-state index contributed by atoms with van der Waals surface area (Å²) < 4.78 is 11.1. The number of hydrogen-bond donors (Lipinski definition) is 2. The number of methoxy groups -OCH3 is 1. The van der Waals surface area contributed by atoms with Crippen molar-refractivity contribution >= 4 is 17.8 Å². The number of carbonyl (C=O) groups excluding carboxylic acids is 1. The minimum atomic E-state index is -0.168. The molecular weight excluding hydrogens is 372 g/mol. The van der Waals surface area contributed by atoms with Crippen molar-refractivity contribution in [3.05, 3.63) is 54.1 Å². The lowest BCUT2D eigenvalue weighted by molar-refractivity contribution is 0.230. The second kappa shape index (κ2) is 11.5. The highest BCUT2D eigenvalue weighted by Crippen LogP contribution is 2.31. The number of nitrogens with one attached hydrogen (secondary N) is 2. The molecule has 0 fully saturated rings. The summed E-state index contributed by atoms with van der Waals surface area (Å²) >= 11 is 1.79. The van der Waals surface area contributed by atoms with Gasteiger partial charge in [0.15, 0.2) is 11.5 Å². The molecule has 0 aliphatic rings. The molecular formula is C22H30N2O3S. The zero-order valence-electron chi connectivity index (χ0n) is 17.0. The van der Waals surface area contributed by atoms with E-state index in [2.05, 4.69) is 22.8 Å². The number of benzene rings is 2. The van der Waals surface area contributed by atoms with Gasteiger partial charge < -0.3 is 20.1 Å². The summed E-state index contributed by atoms with van der Waals surface area (Å²) in [5.41, 5.74) is 0.961. The molecule has 1 unspecified atom stereocenters. The molecule has 0 radical (unpaired) electrons. The average molecular weight is 403 g/mol. The number of hydrogen-bond acceptors (Lipinski definition) is 4. The number of amides is 2. The summed E-state index contributed by atoms with van der Waals surface area (Å²) in [4.78, 5) is 13.4. The molecule has 2 rings (SSSR count). The monoisotopic (exact) mass is 402 g/mol. The molecule has 0 aliphatic heterocycles. The first-order chi connectivity index (χ1) is 13.5. The van der Waals surface area contributed by atoms with Gasteiger partial charge in [-0.3, -0.25) is 0 Å². The van der Waals surface area contributed by atoms with E-state index in [1.54, 1.807) is 18.9 Å². The van der Waals surface area contributed by atoms with Crippen LogP contribution in [0.1, 0.15) is 38.8 Å². The van der Waals surface area contributed by atoms with Gasteiger partial charge in [-0.15, -0.1) is 11.8 Å². The SMILES string of the molecule is COc1cc(C(C)NC(=O)NCCCSc2ccccc2)ccc1OC(C)C. The van der Waals surface area contributed by atoms with Gasteiger partial charge in [0.1, 0.15) is 0 Å². The first-order valence-electron chi connectivity index (χ1n) is 9.56. The highest BCUT2D eigenvalue weighted by atomic mass is 32.2. The molecule has 2 aromatic rings. The first kappa shape index (κ1) is 22.0. The van der Waals surface area contributed by atoms with E-state index in [0.29, 0.717) is 18.0 Å².